The van der Waals surface area contributed by atoms with Gasteiger partial charge in [-0.2, -0.15) is 0 Å². The van der Waals surface area contributed by atoms with Crippen molar-refractivity contribution < 1.29 is 9.90 Å². The number of phenolic OH excluding ortho intramolecular Hbond substituents is 1. The number of amides is 1. The standard InChI is InChI=1S/C15H16N2O2/c1-17(2)12-7-5-6-11(10-12)16-15(19)13-8-3-4-9-14(13)18/h3-10,18H,1-2H3,(H,16,19). The van der Waals surface area contributed by atoms with Gasteiger partial charge in [0.05, 0.1) is 5.56 Å². The number of aromatic hydroxyl groups is 1. The first kappa shape index (κ1) is 13.0. The van der Waals surface area contributed by atoms with Gasteiger partial charge in [0.25, 0.3) is 5.91 Å². The molecule has 0 aliphatic carbocycles. The van der Waals surface area contributed by atoms with Crippen molar-refractivity contribution in [1.29, 1.82) is 0 Å². The number of hydrogen-bond donors (Lipinski definition) is 2. The molecule has 4 heteroatoms. The minimum atomic E-state index is -0.325. The number of phenols is 1. The van der Waals surface area contributed by atoms with E-state index in [1.54, 1.807) is 18.2 Å². The van der Waals surface area contributed by atoms with Crippen LogP contribution in [0, 0.1) is 0 Å². The highest BCUT2D eigenvalue weighted by atomic mass is 16.3. The van der Waals surface area contributed by atoms with Crippen molar-refractivity contribution in [3.63, 3.8) is 0 Å². The zero-order valence-corrected chi connectivity index (χ0v) is 10.9. The number of hydrogen-bond acceptors (Lipinski definition) is 3. The second-order valence-corrected chi connectivity index (χ2v) is 4.42. The van der Waals surface area contributed by atoms with Gasteiger partial charge in [-0.25, -0.2) is 0 Å². The molecule has 0 aliphatic rings. The van der Waals surface area contributed by atoms with Crippen molar-refractivity contribution >= 4 is 17.3 Å². The number of carbonyl (C=O) groups is 1. The maximum Gasteiger partial charge on any atom is 0.259 e. The molecule has 2 rings (SSSR count). The normalized spacial score (nSPS) is 10.0. The third kappa shape index (κ3) is 3.04. The average molecular weight is 256 g/mol. The Hall–Kier alpha value is -2.49. The first-order chi connectivity index (χ1) is 9.08. The lowest BCUT2D eigenvalue weighted by molar-refractivity contribution is 0.102. The van der Waals surface area contributed by atoms with Crippen molar-refractivity contribution in [3.05, 3.63) is 54.1 Å². The summed E-state index contributed by atoms with van der Waals surface area (Å²) in [5.74, 6) is -0.349. The zero-order valence-electron chi connectivity index (χ0n) is 10.9. The molecule has 2 N–H and O–H groups in total. The van der Waals surface area contributed by atoms with Gasteiger partial charge in [-0.1, -0.05) is 18.2 Å². The number of benzene rings is 2. The maximum atomic E-state index is 12.0. The maximum absolute atomic E-state index is 12.0. The fourth-order valence-corrected chi connectivity index (χ4v) is 1.73. The molecule has 0 saturated carbocycles. The first-order valence-electron chi connectivity index (χ1n) is 5.94. The lowest BCUT2D eigenvalue weighted by Gasteiger charge is -2.14. The Labute approximate surface area is 112 Å². The van der Waals surface area contributed by atoms with Gasteiger partial charge in [-0.05, 0) is 30.3 Å². The molecule has 1 amide bonds. The fourth-order valence-electron chi connectivity index (χ4n) is 1.73. The van der Waals surface area contributed by atoms with Crippen LogP contribution in [0.15, 0.2) is 48.5 Å². The number of nitrogens with one attached hydrogen (secondary N) is 1. The van der Waals surface area contributed by atoms with E-state index in [-0.39, 0.29) is 17.2 Å². The van der Waals surface area contributed by atoms with Crippen LogP contribution < -0.4 is 10.2 Å². The molecule has 98 valence electrons. The topological polar surface area (TPSA) is 52.6 Å². The molecule has 2 aromatic carbocycles. The van der Waals surface area contributed by atoms with Gasteiger partial charge in [0.1, 0.15) is 5.75 Å². The largest absolute Gasteiger partial charge is 0.507 e. The molecule has 0 atom stereocenters. The Morgan fingerprint density at radius 1 is 1.11 bits per heavy atom. The number of nitrogens with zero attached hydrogens (tertiary/aromatic N) is 1. The third-order valence-electron chi connectivity index (χ3n) is 2.77. The Bertz CT molecular complexity index is 594. The molecule has 0 bridgehead atoms. The van der Waals surface area contributed by atoms with Crippen LogP contribution in [0.3, 0.4) is 0 Å². The smallest absolute Gasteiger partial charge is 0.259 e. The third-order valence-corrected chi connectivity index (χ3v) is 2.77. The van der Waals surface area contributed by atoms with Crippen LogP contribution in [-0.4, -0.2) is 25.1 Å². The zero-order chi connectivity index (χ0) is 13.8. The van der Waals surface area contributed by atoms with E-state index in [4.69, 9.17) is 0 Å². The molecular weight excluding hydrogens is 240 g/mol. The van der Waals surface area contributed by atoms with E-state index in [1.807, 2.05) is 43.3 Å². The Morgan fingerprint density at radius 3 is 2.53 bits per heavy atom. The summed E-state index contributed by atoms with van der Waals surface area (Å²) in [7, 11) is 3.87. The van der Waals surface area contributed by atoms with Crippen molar-refractivity contribution in [2.75, 3.05) is 24.3 Å². The van der Waals surface area contributed by atoms with Gasteiger partial charge < -0.3 is 15.3 Å². The summed E-state index contributed by atoms with van der Waals surface area (Å²) in [6.45, 7) is 0. The summed E-state index contributed by atoms with van der Waals surface area (Å²) in [6.07, 6.45) is 0. The van der Waals surface area contributed by atoms with Gasteiger partial charge in [-0.15, -0.1) is 0 Å². The summed E-state index contributed by atoms with van der Waals surface area (Å²) in [6, 6.07) is 14.0. The van der Waals surface area contributed by atoms with E-state index in [0.29, 0.717) is 5.69 Å². The van der Waals surface area contributed by atoms with Crippen LogP contribution in [-0.2, 0) is 0 Å². The molecule has 0 aromatic heterocycles. The summed E-state index contributed by atoms with van der Waals surface area (Å²) in [5, 5.41) is 12.4. The van der Waals surface area contributed by atoms with E-state index in [2.05, 4.69) is 5.32 Å². The molecule has 0 heterocycles. The summed E-state index contributed by atoms with van der Waals surface area (Å²) in [5.41, 5.74) is 1.95. The molecule has 0 radical (unpaired) electrons. The second kappa shape index (κ2) is 5.44. The lowest BCUT2D eigenvalue weighted by Crippen LogP contribution is -2.13. The van der Waals surface area contributed by atoms with Gasteiger partial charge in [-0.3, -0.25) is 4.79 Å². The minimum Gasteiger partial charge on any atom is -0.507 e. The van der Waals surface area contributed by atoms with Gasteiger partial charge in [0.15, 0.2) is 0 Å². The van der Waals surface area contributed by atoms with E-state index >= 15 is 0 Å². The van der Waals surface area contributed by atoms with Crippen LogP contribution in [0.2, 0.25) is 0 Å². The van der Waals surface area contributed by atoms with Crippen molar-refractivity contribution in [2.45, 2.75) is 0 Å². The number of anilines is 2. The minimum absolute atomic E-state index is 0.0243. The Kier molecular flexibility index (Phi) is 3.71. The summed E-state index contributed by atoms with van der Waals surface area (Å²) in [4.78, 5) is 14.0. The molecular formula is C15H16N2O2. The van der Waals surface area contributed by atoms with Crippen molar-refractivity contribution in [2.24, 2.45) is 0 Å². The van der Waals surface area contributed by atoms with Crippen molar-refractivity contribution in [1.82, 2.24) is 0 Å². The van der Waals surface area contributed by atoms with Crippen LogP contribution in [0.4, 0.5) is 11.4 Å². The van der Waals surface area contributed by atoms with Gasteiger partial charge >= 0.3 is 0 Å². The average Bonchev–Trinajstić information content (AvgIpc) is 2.39. The number of rotatable bonds is 3. The van der Waals surface area contributed by atoms with E-state index in [0.717, 1.165) is 5.69 Å². The molecule has 0 unspecified atom stereocenters. The van der Waals surface area contributed by atoms with Crippen LogP contribution in [0.25, 0.3) is 0 Å². The Balaban J connectivity index is 2.20. The SMILES string of the molecule is CN(C)c1cccc(NC(=O)c2ccccc2O)c1. The molecule has 0 aliphatic heterocycles. The van der Waals surface area contributed by atoms with E-state index in [1.165, 1.54) is 6.07 Å². The number of para-hydroxylation sites is 1. The molecule has 0 fully saturated rings. The van der Waals surface area contributed by atoms with Gasteiger partial charge in [0.2, 0.25) is 0 Å². The lowest BCUT2D eigenvalue weighted by atomic mass is 10.2. The summed E-state index contributed by atoms with van der Waals surface area (Å²) < 4.78 is 0. The van der Waals surface area contributed by atoms with E-state index < -0.39 is 0 Å². The predicted molar refractivity (Wildman–Crippen MR) is 76.8 cm³/mol. The quantitative estimate of drug-likeness (QED) is 0.887. The summed E-state index contributed by atoms with van der Waals surface area (Å²) >= 11 is 0. The second-order valence-electron chi connectivity index (χ2n) is 4.42. The highest BCUT2D eigenvalue weighted by molar-refractivity contribution is 6.06. The molecule has 0 saturated heterocycles. The molecule has 19 heavy (non-hydrogen) atoms. The molecule has 0 spiro atoms. The highest BCUT2D eigenvalue weighted by Gasteiger charge is 2.10. The predicted octanol–water partition coefficient (Wildman–Crippen LogP) is 2.71. The van der Waals surface area contributed by atoms with Crippen molar-refractivity contribution in [3.8, 4) is 5.75 Å². The Morgan fingerprint density at radius 2 is 1.84 bits per heavy atom. The van der Waals surface area contributed by atoms with Crippen LogP contribution in [0.5, 0.6) is 5.75 Å². The first-order valence-corrected chi connectivity index (χ1v) is 5.94. The highest BCUT2D eigenvalue weighted by Crippen LogP contribution is 2.20. The molecule has 4 nitrogen and oxygen atoms in total. The monoisotopic (exact) mass is 256 g/mol. The number of carbonyl (C=O) groups excluding carboxylic acids is 1. The van der Waals surface area contributed by atoms with Gasteiger partial charge in [0, 0.05) is 25.5 Å². The molecule has 2 aromatic rings. The van der Waals surface area contributed by atoms with Crippen LogP contribution >= 0.6 is 0 Å². The van der Waals surface area contributed by atoms with E-state index in [9.17, 15) is 9.90 Å². The fraction of sp³-hybridized carbons (Fsp3) is 0.133. The van der Waals surface area contributed by atoms with Crippen LogP contribution in [0.1, 0.15) is 10.4 Å².